The highest BCUT2D eigenvalue weighted by molar-refractivity contribution is 6.10. The minimum absolute atomic E-state index is 0.322. The Morgan fingerprint density at radius 1 is 0.881 bits per heavy atom. The van der Waals surface area contributed by atoms with Gasteiger partial charge in [0.15, 0.2) is 0 Å². The number of hydrogen-bond donors (Lipinski definition) is 3. The average molecular weight is 571 g/mol. The van der Waals surface area contributed by atoms with Gasteiger partial charge in [-0.2, -0.15) is 0 Å². The number of carbonyl (C=O) groups is 3. The summed E-state index contributed by atoms with van der Waals surface area (Å²) in [6, 6.07) is 18.5. The number of aryl methyl sites for hydroxylation is 4. The SMILES string of the molecule is CCCCOc1ccc(C2C(C(=O)Nc3ccc(C)cc3C)C(=O)CC(C)(O)C2C(=O)Nc2ccc(C)cc2C)cc1. The number of nitrogens with one attached hydrogen (secondary N) is 2. The Labute approximate surface area is 248 Å². The molecule has 4 atom stereocenters. The molecule has 1 aliphatic carbocycles. The van der Waals surface area contributed by atoms with Crippen LogP contribution in [0.1, 0.15) is 66.8 Å². The van der Waals surface area contributed by atoms with Crippen LogP contribution in [0.3, 0.4) is 0 Å². The first-order valence-electron chi connectivity index (χ1n) is 14.7. The quantitative estimate of drug-likeness (QED) is 0.204. The fraction of sp³-hybridized carbons (Fsp3) is 0.400. The molecule has 222 valence electrons. The molecule has 0 radical (unpaired) electrons. The van der Waals surface area contributed by atoms with E-state index in [0.29, 0.717) is 29.3 Å². The fourth-order valence-corrected chi connectivity index (χ4v) is 5.94. The second-order valence-corrected chi connectivity index (χ2v) is 11.9. The monoisotopic (exact) mass is 570 g/mol. The molecule has 0 spiro atoms. The molecular weight excluding hydrogens is 528 g/mol. The summed E-state index contributed by atoms with van der Waals surface area (Å²) in [6.45, 7) is 11.9. The minimum atomic E-state index is -1.68. The van der Waals surface area contributed by atoms with Crippen molar-refractivity contribution in [1.29, 1.82) is 0 Å². The fourth-order valence-electron chi connectivity index (χ4n) is 5.94. The van der Waals surface area contributed by atoms with E-state index in [1.54, 1.807) is 24.3 Å². The first-order valence-corrected chi connectivity index (χ1v) is 14.7. The molecule has 0 aliphatic heterocycles. The third-order valence-corrected chi connectivity index (χ3v) is 8.14. The lowest BCUT2D eigenvalue weighted by Gasteiger charge is -2.44. The summed E-state index contributed by atoms with van der Waals surface area (Å²) < 4.78 is 5.83. The Balaban J connectivity index is 1.75. The van der Waals surface area contributed by atoms with E-state index in [9.17, 15) is 19.5 Å². The van der Waals surface area contributed by atoms with Crippen molar-refractivity contribution in [1.82, 2.24) is 0 Å². The van der Waals surface area contributed by atoms with Crippen molar-refractivity contribution >= 4 is 29.0 Å². The summed E-state index contributed by atoms with van der Waals surface area (Å²) in [5.74, 6) is -3.88. The third kappa shape index (κ3) is 6.90. The van der Waals surface area contributed by atoms with Gasteiger partial charge in [0.1, 0.15) is 17.5 Å². The molecule has 1 aliphatic rings. The van der Waals surface area contributed by atoms with Crippen LogP contribution in [-0.2, 0) is 14.4 Å². The largest absolute Gasteiger partial charge is 0.494 e. The molecule has 4 rings (SSSR count). The van der Waals surface area contributed by atoms with Gasteiger partial charge in [0.25, 0.3) is 0 Å². The van der Waals surface area contributed by atoms with Crippen LogP contribution in [0.5, 0.6) is 5.75 Å². The Morgan fingerprint density at radius 3 is 1.95 bits per heavy atom. The molecule has 0 bridgehead atoms. The van der Waals surface area contributed by atoms with E-state index in [2.05, 4.69) is 17.6 Å². The van der Waals surface area contributed by atoms with E-state index >= 15 is 0 Å². The zero-order valence-electron chi connectivity index (χ0n) is 25.4. The van der Waals surface area contributed by atoms with Crippen molar-refractivity contribution in [2.45, 2.75) is 72.3 Å². The standard InChI is InChI=1S/C35H42N2O5/c1-7-8-17-42-26-13-11-25(12-14-26)30-31(33(39)36-27-15-9-21(2)18-23(27)4)29(38)20-35(6,41)32(30)34(40)37-28-16-10-22(3)19-24(28)5/h9-16,18-19,30-32,41H,7-8,17,20H2,1-6H3,(H,36,39)(H,37,40). The first-order chi connectivity index (χ1) is 19.9. The Bertz CT molecular complexity index is 1460. The number of ether oxygens (including phenoxy) is 1. The molecule has 1 saturated carbocycles. The molecular formula is C35H42N2O5. The maximum absolute atomic E-state index is 14.0. The summed E-state index contributed by atoms with van der Waals surface area (Å²) in [5, 5.41) is 17.5. The van der Waals surface area contributed by atoms with Crippen molar-refractivity contribution in [3.8, 4) is 5.75 Å². The van der Waals surface area contributed by atoms with Crippen LogP contribution in [0, 0.1) is 39.5 Å². The molecule has 7 nitrogen and oxygen atoms in total. The number of Topliss-reactive ketones (excluding diaryl/α,β-unsaturated/α-hetero) is 1. The minimum Gasteiger partial charge on any atom is -0.494 e. The topological polar surface area (TPSA) is 105 Å². The van der Waals surface area contributed by atoms with Crippen LogP contribution in [0.4, 0.5) is 11.4 Å². The third-order valence-electron chi connectivity index (χ3n) is 8.14. The lowest BCUT2D eigenvalue weighted by molar-refractivity contribution is -0.150. The van der Waals surface area contributed by atoms with E-state index in [0.717, 1.165) is 35.1 Å². The van der Waals surface area contributed by atoms with Crippen molar-refractivity contribution in [2.24, 2.45) is 11.8 Å². The number of carbonyl (C=O) groups excluding carboxylic acids is 3. The van der Waals surface area contributed by atoms with Crippen molar-refractivity contribution in [3.05, 3.63) is 88.5 Å². The summed E-state index contributed by atoms with van der Waals surface area (Å²) in [6.07, 6.45) is 1.60. The highest BCUT2D eigenvalue weighted by atomic mass is 16.5. The Morgan fingerprint density at radius 2 is 1.43 bits per heavy atom. The molecule has 2 amide bonds. The Kier molecular flexibility index (Phi) is 9.52. The second kappa shape index (κ2) is 12.9. The van der Waals surface area contributed by atoms with Crippen molar-refractivity contribution in [3.63, 3.8) is 0 Å². The zero-order valence-corrected chi connectivity index (χ0v) is 25.4. The lowest BCUT2D eigenvalue weighted by Crippen LogP contribution is -2.56. The molecule has 1 fully saturated rings. The normalized spacial score (nSPS) is 22.0. The number of anilines is 2. The van der Waals surface area contributed by atoms with Gasteiger partial charge < -0.3 is 20.5 Å². The van der Waals surface area contributed by atoms with Crippen LogP contribution >= 0.6 is 0 Å². The maximum atomic E-state index is 14.0. The van der Waals surface area contributed by atoms with Gasteiger partial charge in [0.2, 0.25) is 11.8 Å². The smallest absolute Gasteiger partial charge is 0.235 e. The molecule has 0 aromatic heterocycles. The Hall–Kier alpha value is -3.97. The number of ketones is 1. The van der Waals surface area contributed by atoms with E-state index in [-0.39, 0.29) is 6.42 Å². The molecule has 0 heterocycles. The second-order valence-electron chi connectivity index (χ2n) is 11.9. The number of hydrogen-bond acceptors (Lipinski definition) is 5. The predicted molar refractivity (Wildman–Crippen MR) is 166 cm³/mol. The number of unbranched alkanes of at least 4 members (excludes halogenated alkanes) is 1. The molecule has 3 N–H and O–H groups in total. The zero-order chi connectivity index (χ0) is 30.6. The van der Waals surface area contributed by atoms with Crippen LogP contribution in [0.15, 0.2) is 60.7 Å². The van der Waals surface area contributed by atoms with Gasteiger partial charge >= 0.3 is 0 Å². The summed E-state index contributed by atoms with van der Waals surface area (Å²) in [5.41, 5.74) is 4.00. The van der Waals surface area contributed by atoms with Crippen LogP contribution < -0.4 is 15.4 Å². The molecule has 4 unspecified atom stereocenters. The first kappa shape index (κ1) is 31.0. The molecule has 42 heavy (non-hydrogen) atoms. The molecule has 0 saturated heterocycles. The number of rotatable bonds is 9. The maximum Gasteiger partial charge on any atom is 0.235 e. The molecule has 7 heteroatoms. The van der Waals surface area contributed by atoms with Gasteiger partial charge in [-0.05, 0) is 82.0 Å². The number of benzene rings is 3. The molecule has 3 aromatic carbocycles. The summed E-state index contributed by atoms with van der Waals surface area (Å²) >= 11 is 0. The van der Waals surface area contributed by atoms with Gasteiger partial charge in [-0.1, -0.05) is 60.9 Å². The predicted octanol–water partition coefficient (Wildman–Crippen LogP) is 6.42. The van der Waals surface area contributed by atoms with Crippen molar-refractivity contribution in [2.75, 3.05) is 17.2 Å². The summed E-state index contributed by atoms with van der Waals surface area (Å²) in [4.78, 5) is 41.6. The van der Waals surface area contributed by atoms with Gasteiger partial charge in [0.05, 0.1) is 18.1 Å². The number of aliphatic hydroxyl groups is 1. The van der Waals surface area contributed by atoms with E-state index in [1.165, 1.54) is 6.92 Å². The lowest BCUT2D eigenvalue weighted by atomic mass is 9.61. The van der Waals surface area contributed by atoms with Gasteiger partial charge in [0, 0.05) is 23.7 Å². The van der Waals surface area contributed by atoms with Gasteiger partial charge in [-0.15, -0.1) is 0 Å². The summed E-state index contributed by atoms with van der Waals surface area (Å²) in [7, 11) is 0. The van der Waals surface area contributed by atoms with Gasteiger partial charge in [-0.25, -0.2) is 0 Å². The highest BCUT2D eigenvalue weighted by Gasteiger charge is 2.56. The van der Waals surface area contributed by atoms with E-state index in [4.69, 9.17) is 4.74 Å². The highest BCUT2D eigenvalue weighted by Crippen LogP contribution is 2.47. The van der Waals surface area contributed by atoms with Crippen LogP contribution in [-0.4, -0.2) is 34.9 Å². The van der Waals surface area contributed by atoms with Crippen LogP contribution in [0.25, 0.3) is 0 Å². The van der Waals surface area contributed by atoms with Gasteiger partial charge in [-0.3, -0.25) is 14.4 Å². The van der Waals surface area contributed by atoms with E-state index < -0.39 is 41.0 Å². The average Bonchev–Trinajstić information content (AvgIpc) is 2.91. The van der Waals surface area contributed by atoms with Crippen molar-refractivity contribution < 1.29 is 24.2 Å². The van der Waals surface area contributed by atoms with E-state index in [1.807, 2.05) is 64.1 Å². The molecule has 3 aromatic rings. The number of amides is 2. The van der Waals surface area contributed by atoms with Crippen LogP contribution in [0.2, 0.25) is 0 Å².